The zero-order valence-corrected chi connectivity index (χ0v) is 20.9. The SMILES string of the molecule is CN(C)CCN(C)C(=O)CCN(C(=O)c1cccs1)c1nc(C2Oc3ccccc3C2=O)cs1. The third kappa shape index (κ3) is 5.19. The van der Waals surface area contributed by atoms with Gasteiger partial charge in [-0.1, -0.05) is 18.2 Å². The van der Waals surface area contributed by atoms with Crippen molar-refractivity contribution in [3.8, 4) is 5.75 Å². The summed E-state index contributed by atoms with van der Waals surface area (Å²) in [6.45, 7) is 1.55. The fourth-order valence-electron chi connectivity index (χ4n) is 3.50. The summed E-state index contributed by atoms with van der Waals surface area (Å²) in [7, 11) is 5.67. The van der Waals surface area contributed by atoms with Gasteiger partial charge in [0.2, 0.25) is 17.8 Å². The number of hydrogen-bond acceptors (Lipinski definition) is 8. The third-order valence-corrected chi connectivity index (χ3v) is 7.22. The Morgan fingerprint density at radius 1 is 1.03 bits per heavy atom. The number of para-hydroxylation sites is 1. The topological polar surface area (TPSA) is 83.1 Å². The van der Waals surface area contributed by atoms with Gasteiger partial charge < -0.3 is 14.5 Å². The Morgan fingerprint density at radius 2 is 1.82 bits per heavy atom. The molecule has 34 heavy (non-hydrogen) atoms. The second kappa shape index (κ2) is 10.5. The van der Waals surface area contributed by atoms with Gasteiger partial charge in [-0.3, -0.25) is 19.3 Å². The van der Waals surface area contributed by atoms with E-state index < -0.39 is 6.10 Å². The monoisotopic (exact) mass is 498 g/mol. The molecule has 178 valence electrons. The molecular weight excluding hydrogens is 472 g/mol. The summed E-state index contributed by atoms with van der Waals surface area (Å²) in [5.74, 6) is 0.111. The van der Waals surface area contributed by atoms with Crippen LogP contribution < -0.4 is 9.64 Å². The number of hydrogen-bond donors (Lipinski definition) is 0. The van der Waals surface area contributed by atoms with Gasteiger partial charge >= 0.3 is 0 Å². The van der Waals surface area contributed by atoms with E-state index in [9.17, 15) is 14.4 Å². The maximum absolute atomic E-state index is 13.3. The van der Waals surface area contributed by atoms with Crippen molar-refractivity contribution in [2.24, 2.45) is 0 Å². The quantitative estimate of drug-likeness (QED) is 0.449. The first-order chi connectivity index (χ1) is 16.3. The molecule has 0 fully saturated rings. The number of nitrogens with zero attached hydrogens (tertiary/aromatic N) is 4. The number of ether oxygens (including phenoxy) is 1. The predicted octanol–water partition coefficient (Wildman–Crippen LogP) is 3.58. The molecule has 0 saturated heterocycles. The molecule has 1 atom stereocenters. The zero-order chi connectivity index (χ0) is 24.2. The number of amides is 2. The minimum absolute atomic E-state index is 0.0487. The van der Waals surface area contributed by atoms with Crippen molar-refractivity contribution in [3.05, 3.63) is 63.3 Å². The zero-order valence-electron chi connectivity index (χ0n) is 19.3. The summed E-state index contributed by atoms with van der Waals surface area (Å²) in [4.78, 5) is 49.1. The Morgan fingerprint density at radius 3 is 2.53 bits per heavy atom. The summed E-state index contributed by atoms with van der Waals surface area (Å²) < 4.78 is 5.84. The van der Waals surface area contributed by atoms with Crippen LogP contribution in [0.5, 0.6) is 5.75 Å². The smallest absolute Gasteiger partial charge is 0.270 e. The van der Waals surface area contributed by atoms with Crippen LogP contribution in [-0.4, -0.2) is 73.2 Å². The Kier molecular flexibility index (Phi) is 7.40. The molecule has 1 aliphatic heterocycles. The molecule has 0 N–H and O–H groups in total. The van der Waals surface area contributed by atoms with Crippen LogP contribution in [0.1, 0.15) is 38.2 Å². The molecule has 0 bridgehead atoms. The van der Waals surface area contributed by atoms with E-state index in [2.05, 4.69) is 4.98 Å². The van der Waals surface area contributed by atoms with Crippen molar-refractivity contribution in [2.45, 2.75) is 12.5 Å². The Hall–Kier alpha value is -3.08. The molecule has 0 spiro atoms. The molecule has 1 unspecified atom stereocenters. The van der Waals surface area contributed by atoms with E-state index in [1.165, 1.54) is 27.6 Å². The van der Waals surface area contributed by atoms with E-state index in [1.807, 2.05) is 36.5 Å². The molecule has 0 radical (unpaired) electrons. The van der Waals surface area contributed by atoms with Crippen LogP contribution in [0.2, 0.25) is 0 Å². The highest BCUT2D eigenvalue weighted by molar-refractivity contribution is 7.14. The highest BCUT2D eigenvalue weighted by Crippen LogP contribution is 2.38. The van der Waals surface area contributed by atoms with Crippen LogP contribution in [0.25, 0.3) is 0 Å². The Bertz CT molecular complexity index is 1180. The molecule has 1 aliphatic rings. The Balaban J connectivity index is 1.51. The molecule has 4 rings (SSSR count). The lowest BCUT2D eigenvalue weighted by atomic mass is 10.1. The summed E-state index contributed by atoms with van der Waals surface area (Å²) in [5.41, 5.74) is 0.986. The first-order valence-corrected chi connectivity index (χ1v) is 12.6. The van der Waals surface area contributed by atoms with E-state index in [0.29, 0.717) is 33.6 Å². The van der Waals surface area contributed by atoms with Gasteiger partial charge in [-0.25, -0.2) is 4.98 Å². The van der Waals surface area contributed by atoms with Crippen LogP contribution in [0, 0.1) is 0 Å². The van der Waals surface area contributed by atoms with E-state index in [1.54, 1.807) is 41.6 Å². The fraction of sp³-hybridized carbons (Fsp3) is 0.333. The molecule has 1 aromatic carbocycles. The minimum atomic E-state index is -0.833. The van der Waals surface area contributed by atoms with Gasteiger partial charge in [-0.2, -0.15) is 0 Å². The number of aromatic nitrogens is 1. The summed E-state index contributed by atoms with van der Waals surface area (Å²) >= 11 is 2.60. The number of likely N-dealkylation sites (N-methyl/N-ethyl adjacent to an activating group) is 2. The van der Waals surface area contributed by atoms with Gasteiger partial charge in [0.05, 0.1) is 10.4 Å². The second-order valence-electron chi connectivity index (χ2n) is 8.22. The van der Waals surface area contributed by atoms with E-state index >= 15 is 0 Å². The van der Waals surface area contributed by atoms with E-state index in [-0.39, 0.29) is 30.6 Å². The molecule has 10 heteroatoms. The summed E-state index contributed by atoms with van der Waals surface area (Å²) in [5, 5.41) is 4.01. The van der Waals surface area contributed by atoms with Crippen molar-refractivity contribution < 1.29 is 19.1 Å². The highest BCUT2D eigenvalue weighted by atomic mass is 32.1. The number of benzene rings is 1. The number of carbonyl (C=O) groups excluding carboxylic acids is 3. The van der Waals surface area contributed by atoms with E-state index in [0.717, 1.165) is 6.54 Å². The number of anilines is 1. The van der Waals surface area contributed by atoms with Crippen molar-refractivity contribution >= 4 is 45.4 Å². The normalized spacial score (nSPS) is 14.7. The lowest BCUT2D eigenvalue weighted by Crippen LogP contribution is -2.37. The summed E-state index contributed by atoms with van der Waals surface area (Å²) in [6, 6.07) is 10.7. The van der Waals surface area contributed by atoms with Gasteiger partial charge in [0.25, 0.3) is 5.91 Å². The van der Waals surface area contributed by atoms with Gasteiger partial charge in [0.15, 0.2) is 5.13 Å². The van der Waals surface area contributed by atoms with Crippen molar-refractivity contribution in [2.75, 3.05) is 45.7 Å². The predicted molar refractivity (Wildman–Crippen MR) is 133 cm³/mol. The lowest BCUT2D eigenvalue weighted by molar-refractivity contribution is -0.129. The average Bonchev–Trinajstić information content (AvgIpc) is 3.58. The Labute approximate surface area is 206 Å². The maximum Gasteiger partial charge on any atom is 0.270 e. The molecule has 2 amide bonds. The van der Waals surface area contributed by atoms with Crippen LogP contribution >= 0.6 is 22.7 Å². The van der Waals surface area contributed by atoms with Gasteiger partial charge in [-0.05, 0) is 37.7 Å². The van der Waals surface area contributed by atoms with Gasteiger partial charge in [0.1, 0.15) is 11.4 Å². The summed E-state index contributed by atoms with van der Waals surface area (Å²) in [6.07, 6.45) is -0.667. The average molecular weight is 499 g/mol. The van der Waals surface area contributed by atoms with Crippen LogP contribution in [-0.2, 0) is 4.79 Å². The minimum Gasteiger partial charge on any atom is -0.475 e. The molecule has 0 saturated carbocycles. The van der Waals surface area contributed by atoms with Crippen molar-refractivity contribution in [1.82, 2.24) is 14.8 Å². The standard InChI is InChI=1S/C24H26N4O4S2/c1-26(2)12-13-27(3)20(29)10-11-28(23(31)19-9-6-14-33-19)24-25-17(15-34-24)22-21(30)16-7-4-5-8-18(16)32-22/h4-9,14-15,22H,10-13H2,1-3H3. The fourth-order valence-corrected chi connectivity index (χ4v) is 5.03. The van der Waals surface area contributed by atoms with Gasteiger partial charge in [0, 0.05) is 38.5 Å². The maximum atomic E-state index is 13.3. The number of thiophene rings is 1. The second-order valence-corrected chi connectivity index (χ2v) is 10.0. The van der Waals surface area contributed by atoms with E-state index in [4.69, 9.17) is 4.74 Å². The largest absolute Gasteiger partial charge is 0.475 e. The highest BCUT2D eigenvalue weighted by Gasteiger charge is 2.36. The molecule has 3 heterocycles. The lowest BCUT2D eigenvalue weighted by Gasteiger charge is -2.23. The van der Waals surface area contributed by atoms with Crippen LogP contribution in [0.4, 0.5) is 5.13 Å². The first kappa shape index (κ1) is 24.1. The number of rotatable bonds is 9. The molecule has 3 aromatic rings. The number of Topliss-reactive ketones (excluding diaryl/α,β-unsaturated/α-hetero) is 1. The first-order valence-electron chi connectivity index (χ1n) is 10.8. The number of carbonyl (C=O) groups is 3. The number of ketones is 1. The number of fused-ring (bicyclic) bond motifs is 1. The van der Waals surface area contributed by atoms with Gasteiger partial charge in [-0.15, -0.1) is 22.7 Å². The van der Waals surface area contributed by atoms with Crippen LogP contribution in [0.15, 0.2) is 47.2 Å². The number of thiazole rings is 1. The molecule has 8 nitrogen and oxygen atoms in total. The van der Waals surface area contributed by atoms with Crippen molar-refractivity contribution in [3.63, 3.8) is 0 Å². The molecular formula is C24H26N4O4S2. The molecule has 0 aliphatic carbocycles. The van der Waals surface area contributed by atoms with Crippen LogP contribution in [0.3, 0.4) is 0 Å². The van der Waals surface area contributed by atoms with Crippen molar-refractivity contribution in [1.29, 1.82) is 0 Å². The molecule has 2 aromatic heterocycles. The third-order valence-electron chi connectivity index (χ3n) is 5.48.